The Labute approximate surface area is 156 Å². The van der Waals surface area contributed by atoms with Crippen molar-refractivity contribution in [3.63, 3.8) is 0 Å². The molecule has 1 nitrogen and oxygen atoms in total. The predicted molar refractivity (Wildman–Crippen MR) is 105 cm³/mol. The van der Waals surface area contributed by atoms with E-state index in [1.807, 2.05) is 0 Å². The fraction of sp³-hybridized carbons (Fsp3) is 1.00. The molecule has 1 heteroatoms. The van der Waals surface area contributed by atoms with Gasteiger partial charge in [0.15, 0.2) is 0 Å². The molecule has 0 saturated heterocycles. The first-order valence-corrected chi connectivity index (χ1v) is 11.6. The Balaban J connectivity index is 1.59. The molecule has 0 amide bonds. The molecule has 0 aromatic carbocycles. The maximum absolute atomic E-state index is 10.2. The Morgan fingerprint density at radius 3 is 2.44 bits per heavy atom. The van der Waals surface area contributed by atoms with Gasteiger partial charge in [-0.25, -0.2) is 0 Å². The Morgan fingerprint density at radius 1 is 0.960 bits per heavy atom. The second-order valence-electron chi connectivity index (χ2n) is 11.2. The van der Waals surface area contributed by atoms with E-state index in [1.165, 1.54) is 57.8 Å². The first-order chi connectivity index (χ1) is 11.9. The maximum Gasteiger partial charge on any atom is 0.0543 e. The molecule has 0 aromatic heterocycles. The van der Waals surface area contributed by atoms with Crippen molar-refractivity contribution in [2.75, 3.05) is 0 Å². The van der Waals surface area contributed by atoms with E-state index < -0.39 is 0 Å². The molecule has 4 unspecified atom stereocenters. The van der Waals surface area contributed by atoms with E-state index in [9.17, 15) is 5.11 Å². The van der Waals surface area contributed by atoms with Crippen LogP contribution < -0.4 is 0 Å². The van der Waals surface area contributed by atoms with Gasteiger partial charge in [0, 0.05) is 0 Å². The van der Waals surface area contributed by atoms with Gasteiger partial charge in [-0.1, -0.05) is 40.5 Å². The molecule has 4 saturated carbocycles. The molecule has 0 aliphatic heterocycles. The van der Waals surface area contributed by atoms with Crippen LogP contribution in [0.1, 0.15) is 98.3 Å². The van der Waals surface area contributed by atoms with Gasteiger partial charge in [-0.05, 0) is 104 Å². The number of hydrogen-bond donors (Lipinski definition) is 1. The smallest absolute Gasteiger partial charge is 0.0543 e. The third-order valence-electron chi connectivity index (χ3n) is 10.1. The molecule has 0 spiro atoms. The second kappa shape index (κ2) is 6.54. The summed E-state index contributed by atoms with van der Waals surface area (Å²) in [6, 6.07) is 0. The molecular formula is C24H42O. The zero-order chi connectivity index (χ0) is 17.8. The van der Waals surface area contributed by atoms with Gasteiger partial charge in [0.2, 0.25) is 0 Å². The third-order valence-corrected chi connectivity index (χ3v) is 10.1. The molecule has 0 radical (unpaired) electrons. The van der Waals surface area contributed by atoms with E-state index in [0.29, 0.717) is 10.8 Å². The highest BCUT2D eigenvalue weighted by molar-refractivity contribution is 5.09. The minimum absolute atomic E-state index is 0.00893. The number of aliphatic hydroxyl groups is 1. The van der Waals surface area contributed by atoms with Gasteiger partial charge in [0.25, 0.3) is 0 Å². The summed E-state index contributed by atoms with van der Waals surface area (Å²) in [6.07, 6.45) is 15.1. The lowest BCUT2D eigenvalue weighted by Gasteiger charge is -2.61. The lowest BCUT2D eigenvalue weighted by molar-refractivity contribution is -0.125. The highest BCUT2D eigenvalue weighted by Gasteiger charge is 2.59. The fourth-order valence-electron chi connectivity index (χ4n) is 8.65. The molecule has 144 valence electrons. The molecule has 0 bridgehead atoms. The first kappa shape index (κ1) is 18.3. The van der Waals surface area contributed by atoms with Crippen molar-refractivity contribution in [1.82, 2.24) is 0 Å². The SMILES string of the molecule is CCC[C@@H](C)[C@H]1CCC2CC3CCC4C[C@H](O)CC[C@]4(C)C3C[C@@]21C. The van der Waals surface area contributed by atoms with Gasteiger partial charge in [-0.15, -0.1) is 0 Å². The van der Waals surface area contributed by atoms with Crippen molar-refractivity contribution in [1.29, 1.82) is 0 Å². The van der Waals surface area contributed by atoms with Crippen LogP contribution in [0.25, 0.3) is 0 Å². The summed E-state index contributed by atoms with van der Waals surface area (Å²) in [5, 5.41) is 10.2. The largest absolute Gasteiger partial charge is 0.393 e. The molecule has 0 aromatic rings. The third kappa shape index (κ3) is 2.82. The van der Waals surface area contributed by atoms with Crippen LogP contribution in [0, 0.1) is 46.3 Å². The summed E-state index contributed by atoms with van der Waals surface area (Å²) in [6.45, 7) is 10.2. The molecule has 4 rings (SSSR count). The molecule has 25 heavy (non-hydrogen) atoms. The van der Waals surface area contributed by atoms with Crippen LogP contribution in [0.5, 0.6) is 0 Å². The van der Waals surface area contributed by atoms with Crippen LogP contribution in [-0.2, 0) is 0 Å². The lowest BCUT2D eigenvalue weighted by atomic mass is 9.44. The van der Waals surface area contributed by atoms with E-state index >= 15 is 0 Å². The topological polar surface area (TPSA) is 20.2 Å². The monoisotopic (exact) mass is 346 g/mol. The van der Waals surface area contributed by atoms with E-state index in [2.05, 4.69) is 27.7 Å². The van der Waals surface area contributed by atoms with E-state index in [1.54, 1.807) is 0 Å². The van der Waals surface area contributed by atoms with E-state index in [-0.39, 0.29) is 6.10 Å². The van der Waals surface area contributed by atoms with Gasteiger partial charge in [0.1, 0.15) is 0 Å². The van der Waals surface area contributed by atoms with Crippen molar-refractivity contribution < 1.29 is 5.11 Å². The molecule has 0 heterocycles. The van der Waals surface area contributed by atoms with Crippen molar-refractivity contribution >= 4 is 0 Å². The summed E-state index contributed by atoms with van der Waals surface area (Å²) in [5.74, 6) is 5.62. The van der Waals surface area contributed by atoms with Crippen LogP contribution in [0.4, 0.5) is 0 Å². The zero-order valence-electron chi connectivity index (χ0n) is 17.3. The number of aliphatic hydroxyl groups excluding tert-OH is 1. The van der Waals surface area contributed by atoms with Gasteiger partial charge in [-0.3, -0.25) is 0 Å². The molecule has 4 aliphatic carbocycles. The van der Waals surface area contributed by atoms with Gasteiger partial charge in [0.05, 0.1) is 6.10 Å². The van der Waals surface area contributed by atoms with Gasteiger partial charge < -0.3 is 5.11 Å². The highest BCUT2D eigenvalue weighted by Crippen LogP contribution is 2.67. The molecule has 9 atom stereocenters. The normalized spacial score (nSPS) is 53.6. The second-order valence-corrected chi connectivity index (χ2v) is 11.2. The fourth-order valence-corrected chi connectivity index (χ4v) is 8.65. The lowest BCUT2D eigenvalue weighted by Crippen LogP contribution is -2.53. The Morgan fingerprint density at radius 2 is 1.68 bits per heavy atom. The predicted octanol–water partition coefficient (Wildman–Crippen LogP) is 6.44. The number of hydrogen-bond acceptors (Lipinski definition) is 1. The molecule has 4 aliphatic rings. The standard InChI is InChI=1S/C24H42O/c1-5-6-16(2)21-10-9-18-13-17-7-8-19-14-20(25)11-12-23(19,3)22(17)15-24(18,21)4/h16-22,25H,5-15H2,1-4H3/t16-,17?,18?,19?,20-,21-,22?,23+,24+/m1/s1. The average Bonchev–Trinajstić information content (AvgIpc) is 2.91. The summed E-state index contributed by atoms with van der Waals surface area (Å²) >= 11 is 0. The maximum atomic E-state index is 10.2. The Kier molecular flexibility index (Phi) is 4.79. The van der Waals surface area contributed by atoms with Crippen molar-refractivity contribution in [3.05, 3.63) is 0 Å². The van der Waals surface area contributed by atoms with E-state index in [0.717, 1.165) is 48.3 Å². The van der Waals surface area contributed by atoms with Crippen molar-refractivity contribution in [2.24, 2.45) is 46.3 Å². The van der Waals surface area contributed by atoms with Crippen molar-refractivity contribution in [2.45, 2.75) is 104 Å². The van der Waals surface area contributed by atoms with Crippen LogP contribution in [0.2, 0.25) is 0 Å². The number of rotatable bonds is 3. The minimum atomic E-state index is -0.00893. The summed E-state index contributed by atoms with van der Waals surface area (Å²) in [4.78, 5) is 0. The minimum Gasteiger partial charge on any atom is -0.393 e. The van der Waals surface area contributed by atoms with Crippen LogP contribution >= 0.6 is 0 Å². The highest BCUT2D eigenvalue weighted by atomic mass is 16.3. The van der Waals surface area contributed by atoms with E-state index in [4.69, 9.17) is 0 Å². The Bertz CT molecular complexity index is 486. The van der Waals surface area contributed by atoms with Gasteiger partial charge in [-0.2, -0.15) is 0 Å². The van der Waals surface area contributed by atoms with Crippen LogP contribution in [0.15, 0.2) is 0 Å². The molecular weight excluding hydrogens is 304 g/mol. The first-order valence-electron chi connectivity index (χ1n) is 11.6. The van der Waals surface area contributed by atoms with Crippen LogP contribution in [0.3, 0.4) is 0 Å². The zero-order valence-corrected chi connectivity index (χ0v) is 17.3. The molecule has 1 N–H and O–H groups in total. The average molecular weight is 347 g/mol. The summed E-state index contributed by atoms with van der Waals surface area (Å²) < 4.78 is 0. The summed E-state index contributed by atoms with van der Waals surface area (Å²) in [7, 11) is 0. The quantitative estimate of drug-likeness (QED) is 0.623. The summed E-state index contributed by atoms with van der Waals surface area (Å²) in [5.41, 5.74) is 1.13. The van der Waals surface area contributed by atoms with Gasteiger partial charge >= 0.3 is 0 Å². The molecule has 4 fully saturated rings. The number of fused-ring (bicyclic) bond motifs is 4. The van der Waals surface area contributed by atoms with Crippen LogP contribution in [-0.4, -0.2) is 11.2 Å². The Hall–Kier alpha value is -0.0400. The van der Waals surface area contributed by atoms with Crippen molar-refractivity contribution in [3.8, 4) is 0 Å².